The van der Waals surface area contributed by atoms with Crippen LogP contribution in [0.5, 0.6) is 0 Å². The molecule has 3 heteroatoms. The van der Waals surface area contributed by atoms with Gasteiger partial charge in [-0.3, -0.25) is 4.79 Å². The number of carboxylic acid groups (broad SMARTS) is 1. The highest BCUT2D eigenvalue weighted by Gasteiger charge is 2.46. The van der Waals surface area contributed by atoms with Gasteiger partial charge >= 0.3 is 5.97 Å². The Hall–Kier alpha value is -1.51. The maximum absolute atomic E-state index is 11.0. The number of rotatable bonds is 3. The summed E-state index contributed by atoms with van der Waals surface area (Å²) in [4.78, 5) is 13.1. The van der Waals surface area contributed by atoms with Gasteiger partial charge in [0.05, 0.1) is 5.92 Å². The van der Waals surface area contributed by atoms with Crippen molar-refractivity contribution in [3.63, 3.8) is 0 Å². The Balaban J connectivity index is 2.20. The Kier molecular flexibility index (Phi) is 3.33. The molecule has 0 radical (unpaired) electrons. The van der Waals surface area contributed by atoms with E-state index in [1.165, 1.54) is 11.1 Å². The van der Waals surface area contributed by atoms with Gasteiger partial charge in [0.25, 0.3) is 0 Å². The molecule has 0 bridgehead atoms. The van der Waals surface area contributed by atoms with Crippen molar-refractivity contribution in [2.24, 2.45) is 5.92 Å². The highest BCUT2D eigenvalue weighted by atomic mass is 16.4. The summed E-state index contributed by atoms with van der Waals surface area (Å²) in [7, 11) is 1.99. The van der Waals surface area contributed by atoms with Crippen LogP contribution in [-0.4, -0.2) is 24.2 Å². The molecule has 2 rings (SSSR count). The first-order valence-electron chi connectivity index (χ1n) is 6.78. The van der Waals surface area contributed by atoms with Gasteiger partial charge in [-0.2, -0.15) is 0 Å². The molecule has 1 aromatic rings. The normalized spacial score (nSPS) is 22.2. The summed E-state index contributed by atoms with van der Waals surface area (Å²) in [5, 5.41) is 9.01. The number of nitrogens with zero attached hydrogens (tertiary/aromatic N) is 1. The molecule has 104 valence electrons. The van der Waals surface area contributed by atoms with Crippen molar-refractivity contribution in [2.75, 3.05) is 11.9 Å². The molecule has 1 N–H and O–H groups in total. The van der Waals surface area contributed by atoms with E-state index in [1.54, 1.807) is 0 Å². The number of hydrogen-bond acceptors (Lipinski definition) is 2. The average Bonchev–Trinajstić information content (AvgIpc) is 3.06. The third-order valence-corrected chi connectivity index (χ3v) is 4.01. The molecule has 1 fully saturated rings. The van der Waals surface area contributed by atoms with E-state index in [0.717, 1.165) is 12.1 Å². The van der Waals surface area contributed by atoms with E-state index in [9.17, 15) is 4.79 Å². The molecule has 0 spiro atoms. The second-order valence-corrected chi connectivity index (χ2v) is 6.61. The Labute approximate surface area is 115 Å². The summed E-state index contributed by atoms with van der Waals surface area (Å²) < 4.78 is 0. The predicted molar refractivity (Wildman–Crippen MR) is 77.8 cm³/mol. The zero-order chi connectivity index (χ0) is 14.4. The molecule has 1 aromatic carbocycles. The van der Waals surface area contributed by atoms with Gasteiger partial charge in [0.2, 0.25) is 0 Å². The Morgan fingerprint density at radius 1 is 1.37 bits per heavy atom. The first-order chi connectivity index (χ1) is 8.71. The number of anilines is 1. The monoisotopic (exact) mass is 261 g/mol. The molecule has 1 saturated carbocycles. The van der Waals surface area contributed by atoms with Crippen LogP contribution >= 0.6 is 0 Å². The number of benzene rings is 1. The fourth-order valence-electron chi connectivity index (χ4n) is 2.57. The number of aryl methyl sites for hydroxylation is 1. The zero-order valence-electron chi connectivity index (χ0n) is 12.4. The van der Waals surface area contributed by atoms with Crippen molar-refractivity contribution >= 4 is 11.7 Å². The number of carboxylic acids is 1. The Bertz CT molecular complexity index is 502. The molecule has 19 heavy (non-hydrogen) atoms. The van der Waals surface area contributed by atoms with Crippen LogP contribution < -0.4 is 4.90 Å². The maximum atomic E-state index is 11.0. The average molecular weight is 261 g/mol. The first-order valence-corrected chi connectivity index (χ1v) is 6.78. The van der Waals surface area contributed by atoms with Crippen LogP contribution in [0.2, 0.25) is 0 Å². The minimum atomic E-state index is -0.680. The van der Waals surface area contributed by atoms with Crippen LogP contribution in [0.4, 0.5) is 5.69 Å². The van der Waals surface area contributed by atoms with E-state index in [0.29, 0.717) is 0 Å². The standard InChI is InChI=1S/C16H23NO2/c1-10-8-11(16(2,3)4)6-7-13(10)17(5)14-9-12(14)15(18)19/h6-8,12,14H,9H2,1-5H3,(H,18,19). The van der Waals surface area contributed by atoms with Gasteiger partial charge in [-0.25, -0.2) is 0 Å². The third kappa shape index (κ3) is 2.75. The predicted octanol–water partition coefficient (Wildman–Crippen LogP) is 3.20. The number of carbonyl (C=O) groups is 1. The lowest BCUT2D eigenvalue weighted by Gasteiger charge is -2.25. The minimum absolute atomic E-state index is 0.144. The summed E-state index contributed by atoms with van der Waals surface area (Å²) in [5.74, 6) is -0.882. The van der Waals surface area contributed by atoms with Gasteiger partial charge in [-0.1, -0.05) is 32.9 Å². The fraction of sp³-hybridized carbons (Fsp3) is 0.562. The van der Waals surface area contributed by atoms with Gasteiger partial charge in [-0.15, -0.1) is 0 Å². The van der Waals surface area contributed by atoms with Crippen molar-refractivity contribution in [1.29, 1.82) is 0 Å². The molecule has 1 aliphatic carbocycles. The number of aliphatic carboxylic acids is 1. The van der Waals surface area contributed by atoms with Gasteiger partial charge in [0, 0.05) is 18.8 Å². The quantitative estimate of drug-likeness (QED) is 0.908. The van der Waals surface area contributed by atoms with Gasteiger partial charge in [0.15, 0.2) is 0 Å². The van der Waals surface area contributed by atoms with E-state index in [1.807, 2.05) is 7.05 Å². The summed E-state index contributed by atoms with van der Waals surface area (Å²) in [6.07, 6.45) is 0.756. The summed E-state index contributed by atoms with van der Waals surface area (Å²) in [5.41, 5.74) is 3.81. The molecule has 1 aliphatic rings. The molecule has 0 amide bonds. The molecule has 0 aromatic heterocycles. The summed E-state index contributed by atoms with van der Waals surface area (Å²) >= 11 is 0. The summed E-state index contributed by atoms with van der Waals surface area (Å²) in [6, 6.07) is 6.63. The lowest BCUT2D eigenvalue weighted by molar-refractivity contribution is -0.138. The van der Waals surface area contributed by atoms with Gasteiger partial charge < -0.3 is 10.0 Å². The molecule has 2 unspecified atom stereocenters. The van der Waals surface area contributed by atoms with Crippen molar-refractivity contribution in [1.82, 2.24) is 0 Å². The van der Waals surface area contributed by atoms with Crippen LogP contribution in [0.3, 0.4) is 0 Å². The van der Waals surface area contributed by atoms with Crippen LogP contribution in [0, 0.1) is 12.8 Å². The fourth-order valence-corrected chi connectivity index (χ4v) is 2.57. The van der Waals surface area contributed by atoms with E-state index in [4.69, 9.17) is 5.11 Å². The maximum Gasteiger partial charge on any atom is 0.308 e. The number of hydrogen-bond donors (Lipinski definition) is 1. The van der Waals surface area contributed by atoms with Gasteiger partial charge in [0.1, 0.15) is 0 Å². The van der Waals surface area contributed by atoms with Crippen molar-refractivity contribution in [2.45, 2.75) is 45.6 Å². The molecule has 2 atom stereocenters. The van der Waals surface area contributed by atoms with E-state index < -0.39 is 5.97 Å². The van der Waals surface area contributed by atoms with Gasteiger partial charge in [-0.05, 0) is 36.0 Å². The lowest BCUT2D eigenvalue weighted by Crippen LogP contribution is -2.24. The van der Waals surface area contributed by atoms with Crippen LogP contribution in [0.25, 0.3) is 0 Å². The highest BCUT2D eigenvalue weighted by Crippen LogP contribution is 2.39. The lowest BCUT2D eigenvalue weighted by atomic mass is 9.86. The molecule has 3 nitrogen and oxygen atoms in total. The smallest absolute Gasteiger partial charge is 0.308 e. The molecule has 0 aliphatic heterocycles. The molecule has 0 saturated heterocycles. The first kappa shape index (κ1) is 13.9. The van der Waals surface area contributed by atoms with Crippen LogP contribution in [0.1, 0.15) is 38.3 Å². The summed E-state index contributed by atoms with van der Waals surface area (Å²) in [6.45, 7) is 8.70. The second-order valence-electron chi connectivity index (χ2n) is 6.61. The third-order valence-electron chi connectivity index (χ3n) is 4.01. The second kappa shape index (κ2) is 4.55. The Morgan fingerprint density at radius 2 is 2.00 bits per heavy atom. The topological polar surface area (TPSA) is 40.5 Å². The van der Waals surface area contributed by atoms with Crippen molar-refractivity contribution in [3.05, 3.63) is 29.3 Å². The van der Waals surface area contributed by atoms with Crippen LogP contribution in [0.15, 0.2) is 18.2 Å². The Morgan fingerprint density at radius 3 is 2.42 bits per heavy atom. The largest absolute Gasteiger partial charge is 0.481 e. The van der Waals surface area contributed by atoms with Crippen molar-refractivity contribution < 1.29 is 9.90 Å². The van der Waals surface area contributed by atoms with E-state index in [2.05, 4.69) is 50.8 Å². The van der Waals surface area contributed by atoms with Crippen molar-refractivity contribution in [3.8, 4) is 0 Å². The highest BCUT2D eigenvalue weighted by molar-refractivity contribution is 5.76. The molecule has 0 heterocycles. The SMILES string of the molecule is Cc1cc(C(C)(C)C)ccc1N(C)C1CC1C(=O)O. The molecular weight excluding hydrogens is 238 g/mol. The van der Waals surface area contributed by atoms with E-state index in [-0.39, 0.29) is 17.4 Å². The minimum Gasteiger partial charge on any atom is -0.481 e. The zero-order valence-corrected chi connectivity index (χ0v) is 12.4. The van der Waals surface area contributed by atoms with E-state index >= 15 is 0 Å². The van der Waals surface area contributed by atoms with Crippen LogP contribution in [-0.2, 0) is 10.2 Å². The molecular formula is C16H23NO2.